The molecule has 0 spiro atoms. The van der Waals surface area contributed by atoms with Crippen molar-refractivity contribution in [2.24, 2.45) is 0 Å². The van der Waals surface area contributed by atoms with E-state index in [4.69, 9.17) is 16.3 Å². The van der Waals surface area contributed by atoms with Gasteiger partial charge in [0.25, 0.3) is 0 Å². The average Bonchev–Trinajstić information content (AvgIpc) is 3.04. The van der Waals surface area contributed by atoms with Crippen LogP contribution >= 0.6 is 23.4 Å². The smallest absolute Gasteiger partial charge is 0.233 e. The van der Waals surface area contributed by atoms with E-state index >= 15 is 0 Å². The van der Waals surface area contributed by atoms with Gasteiger partial charge in [0, 0.05) is 30.2 Å². The molecule has 1 amide bonds. The monoisotopic (exact) mass is 378 g/mol. The fraction of sp³-hybridized carbons (Fsp3) is 0.353. The van der Waals surface area contributed by atoms with Gasteiger partial charge in [-0.25, -0.2) is 0 Å². The minimum atomic E-state index is 0.0921. The van der Waals surface area contributed by atoms with Crippen LogP contribution < -0.4 is 0 Å². The molecule has 1 aliphatic heterocycles. The highest BCUT2D eigenvalue weighted by atomic mass is 35.5. The van der Waals surface area contributed by atoms with E-state index in [9.17, 15) is 4.79 Å². The van der Waals surface area contributed by atoms with Crippen molar-refractivity contribution < 1.29 is 9.53 Å². The molecule has 0 saturated carbocycles. The topological polar surface area (TPSA) is 60.2 Å². The van der Waals surface area contributed by atoms with Crippen LogP contribution in [-0.2, 0) is 16.1 Å². The van der Waals surface area contributed by atoms with Crippen molar-refractivity contribution in [2.45, 2.75) is 11.7 Å². The molecule has 3 rings (SSSR count). The van der Waals surface area contributed by atoms with Crippen molar-refractivity contribution in [1.82, 2.24) is 19.7 Å². The van der Waals surface area contributed by atoms with Crippen LogP contribution in [0.5, 0.6) is 0 Å². The Kier molecular flexibility index (Phi) is 6.12. The van der Waals surface area contributed by atoms with Crippen LogP contribution in [0.25, 0.3) is 11.4 Å². The molecule has 0 aliphatic carbocycles. The third-order valence-corrected chi connectivity index (χ3v) is 5.02. The quantitative estimate of drug-likeness (QED) is 0.571. The number of hydrogen-bond acceptors (Lipinski definition) is 5. The highest BCUT2D eigenvalue weighted by Gasteiger charge is 2.19. The van der Waals surface area contributed by atoms with Crippen molar-refractivity contribution in [1.29, 1.82) is 0 Å². The summed E-state index contributed by atoms with van der Waals surface area (Å²) in [4.78, 5) is 14.1. The Morgan fingerprint density at radius 2 is 2.00 bits per heavy atom. The molecule has 6 nitrogen and oxygen atoms in total. The zero-order valence-corrected chi connectivity index (χ0v) is 15.3. The second-order valence-corrected chi connectivity index (χ2v) is 6.87. The van der Waals surface area contributed by atoms with Crippen LogP contribution in [0.3, 0.4) is 0 Å². The van der Waals surface area contributed by atoms with E-state index in [0.717, 1.165) is 11.4 Å². The minimum absolute atomic E-state index is 0.0921. The van der Waals surface area contributed by atoms with Gasteiger partial charge in [-0.1, -0.05) is 29.4 Å². The minimum Gasteiger partial charge on any atom is -0.378 e. The van der Waals surface area contributed by atoms with Crippen molar-refractivity contribution in [3.8, 4) is 11.4 Å². The molecule has 0 N–H and O–H groups in total. The first kappa shape index (κ1) is 18.0. The number of thioether (sulfide) groups is 1. The molecule has 1 fully saturated rings. The molecule has 2 aromatic rings. The van der Waals surface area contributed by atoms with Crippen LogP contribution in [0.15, 0.2) is 42.1 Å². The number of allylic oxidation sites excluding steroid dienone is 1. The van der Waals surface area contributed by atoms with E-state index in [2.05, 4.69) is 16.8 Å². The van der Waals surface area contributed by atoms with Crippen LogP contribution in [-0.4, -0.2) is 57.6 Å². The van der Waals surface area contributed by atoms with Crippen LogP contribution in [0, 0.1) is 0 Å². The molecular formula is C17H19ClN4O2S. The van der Waals surface area contributed by atoms with Crippen LogP contribution in [0.2, 0.25) is 5.02 Å². The Bertz CT molecular complexity index is 742. The number of rotatable bonds is 6. The summed E-state index contributed by atoms with van der Waals surface area (Å²) in [6, 6.07) is 7.44. The number of nitrogens with zero attached hydrogens (tertiary/aromatic N) is 4. The molecule has 0 bridgehead atoms. The second kappa shape index (κ2) is 8.51. The van der Waals surface area contributed by atoms with Crippen molar-refractivity contribution in [3.63, 3.8) is 0 Å². The molecule has 0 unspecified atom stereocenters. The zero-order valence-electron chi connectivity index (χ0n) is 13.7. The molecule has 0 radical (unpaired) electrons. The maximum absolute atomic E-state index is 12.3. The molecule has 132 valence electrons. The summed E-state index contributed by atoms with van der Waals surface area (Å²) in [7, 11) is 0. The third-order valence-electron chi connectivity index (χ3n) is 3.82. The summed E-state index contributed by atoms with van der Waals surface area (Å²) in [5, 5.41) is 9.90. The molecular weight excluding hydrogens is 360 g/mol. The first-order valence-electron chi connectivity index (χ1n) is 7.97. The lowest BCUT2D eigenvalue weighted by Gasteiger charge is -2.26. The third kappa shape index (κ3) is 4.42. The summed E-state index contributed by atoms with van der Waals surface area (Å²) in [5.41, 5.74) is 0.921. The summed E-state index contributed by atoms with van der Waals surface area (Å²) < 4.78 is 7.23. The lowest BCUT2D eigenvalue weighted by Crippen LogP contribution is -2.41. The van der Waals surface area contributed by atoms with Crippen LogP contribution in [0.4, 0.5) is 0 Å². The number of ether oxygens (including phenoxy) is 1. The lowest BCUT2D eigenvalue weighted by molar-refractivity contribution is -0.132. The largest absolute Gasteiger partial charge is 0.378 e. The molecule has 0 atom stereocenters. The standard InChI is InChI=1S/C17H19ClN4O2S/c1-2-7-22-16(13-3-5-14(18)6-4-13)19-20-17(22)25-12-15(23)21-8-10-24-11-9-21/h2-6H,1,7-12H2. The van der Waals surface area contributed by atoms with Crippen molar-refractivity contribution >= 4 is 29.3 Å². The number of carbonyl (C=O) groups excluding carboxylic acids is 1. The number of morpholine rings is 1. The Morgan fingerprint density at radius 1 is 1.28 bits per heavy atom. The first-order chi connectivity index (χ1) is 12.2. The first-order valence-corrected chi connectivity index (χ1v) is 9.33. The molecule has 2 heterocycles. The predicted octanol–water partition coefficient (Wildman–Crippen LogP) is 2.74. The number of aromatic nitrogens is 3. The lowest BCUT2D eigenvalue weighted by atomic mass is 10.2. The van der Waals surface area contributed by atoms with Gasteiger partial charge in [-0.05, 0) is 24.3 Å². The number of amides is 1. The SMILES string of the molecule is C=CCn1c(SCC(=O)N2CCOCC2)nnc1-c1ccc(Cl)cc1. The second-order valence-electron chi connectivity index (χ2n) is 5.49. The fourth-order valence-electron chi connectivity index (χ4n) is 2.53. The van der Waals surface area contributed by atoms with Gasteiger partial charge in [0.15, 0.2) is 11.0 Å². The zero-order chi connectivity index (χ0) is 17.6. The van der Waals surface area contributed by atoms with Gasteiger partial charge in [-0.3, -0.25) is 9.36 Å². The highest BCUT2D eigenvalue weighted by molar-refractivity contribution is 7.99. The average molecular weight is 379 g/mol. The molecule has 1 aromatic carbocycles. The molecule has 1 aromatic heterocycles. The van der Waals surface area contributed by atoms with Crippen molar-refractivity contribution in [2.75, 3.05) is 32.1 Å². The van der Waals surface area contributed by atoms with Crippen LogP contribution in [0.1, 0.15) is 0 Å². The van der Waals surface area contributed by atoms with E-state index in [-0.39, 0.29) is 5.91 Å². The predicted molar refractivity (Wildman–Crippen MR) is 98.8 cm³/mol. The maximum Gasteiger partial charge on any atom is 0.233 e. The highest BCUT2D eigenvalue weighted by Crippen LogP contribution is 2.25. The van der Waals surface area contributed by atoms with E-state index in [1.54, 1.807) is 6.08 Å². The number of carbonyl (C=O) groups is 1. The van der Waals surface area contributed by atoms with Gasteiger partial charge in [0.2, 0.25) is 5.91 Å². The Labute approximate surface area is 155 Å². The maximum atomic E-state index is 12.3. The normalized spacial score (nSPS) is 14.5. The van der Waals surface area contributed by atoms with Crippen molar-refractivity contribution in [3.05, 3.63) is 41.9 Å². The molecule has 8 heteroatoms. The summed E-state index contributed by atoms with van der Waals surface area (Å²) >= 11 is 7.34. The Morgan fingerprint density at radius 3 is 2.68 bits per heavy atom. The van der Waals surface area contributed by atoms with E-state index in [1.165, 1.54) is 11.8 Å². The van der Waals surface area contributed by atoms with Gasteiger partial charge in [0.05, 0.1) is 19.0 Å². The molecule has 25 heavy (non-hydrogen) atoms. The van der Waals surface area contributed by atoms with Gasteiger partial charge in [-0.15, -0.1) is 16.8 Å². The van der Waals surface area contributed by atoms with Gasteiger partial charge < -0.3 is 9.64 Å². The molecule has 1 aliphatic rings. The van der Waals surface area contributed by atoms with E-state index < -0.39 is 0 Å². The summed E-state index contributed by atoms with van der Waals surface area (Å²) in [6.45, 7) is 6.86. The number of halogens is 1. The summed E-state index contributed by atoms with van der Waals surface area (Å²) in [6.07, 6.45) is 1.79. The van der Waals surface area contributed by atoms with Gasteiger partial charge >= 0.3 is 0 Å². The summed E-state index contributed by atoms with van der Waals surface area (Å²) in [5.74, 6) is 1.16. The van der Waals surface area contributed by atoms with E-state index in [1.807, 2.05) is 33.7 Å². The molecule has 1 saturated heterocycles. The number of benzene rings is 1. The Hall–Kier alpha value is -1.83. The Balaban J connectivity index is 1.73. The fourth-order valence-corrected chi connectivity index (χ4v) is 3.51. The van der Waals surface area contributed by atoms with Gasteiger partial charge in [-0.2, -0.15) is 0 Å². The van der Waals surface area contributed by atoms with Gasteiger partial charge in [0.1, 0.15) is 0 Å². The van der Waals surface area contributed by atoms with E-state index in [0.29, 0.717) is 48.8 Å². The number of hydrogen-bond donors (Lipinski definition) is 0.